The maximum Gasteiger partial charge on any atom is 0.353 e. The van der Waals surface area contributed by atoms with Gasteiger partial charge in [-0.2, -0.15) is 0 Å². The van der Waals surface area contributed by atoms with Crippen molar-refractivity contribution in [3.05, 3.63) is 21.7 Å². The van der Waals surface area contributed by atoms with Gasteiger partial charge in [0, 0.05) is 21.8 Å². The lowest BCUT2D eigenvalue weighted by molar-refractivity contribution is -0.150. The summed E-state index contributed by atoms with van der Waals surface area (Å²) in [4.78, 5) is 48.0. The van der Waals surface area contributed by atoms with E-state index in [2.05, 4.69) is 15.5 Å². The molecule has 32 heavy (non-hydrogen) atoms. The average molecular weight is 502 g/mol. The van der Waals surface area contributed by atoms with Crippen LogP contribution >= 0.6 is 34.9 Å². The number of hydrogen-bond acceptors (Lipinski definition) is 12. The fraction of sp³-hybridized carbons (Fsp3) is 0.471. The molecule has 4 rings (SSSR count). The van der Waals surface area contributed by atoms with E-state index in [0.29, 0.717) is 23.0 Å². The number of aliphatic carboxylic acids is 1. The van der Waals surface area contributed by atoms with Crippen molar-refractivity contribution in [1.29, 1.82) is 0 Å². The molecule has 0 bridgehead atoms. The highest BCUT2D eigenvalue weighted by Gasteiger charge is 2.54. The van der Waals surface area contributed by atoms with Crippen LogP contribution in [0.3, 0.4) is 0 Å². The second-order valence-electron chi connectivity index (χ2n) is 6.72. The van der Waals surface area contributed by atoms with E-state index >= 15 is 0 Å². The number of nitrogen functional groups attached to an aromatic ring is 1. The molecule has 0 radical (unpaired) electrons. The number of rotatable bonds is 8. The predicted molar refractivity (Wildman–Crippen MR) is 118 cm³/mol. The molecular formula is C17H19N5O7S3. The molecule has 4 heterocycles. The van der Waals surface area contributed by atoms with Crippen LogP contribution in [0.2, 0.25) is 0 Å². The average Bonchev–Trinajstić information content (AvgIpc) is 3.45. The summed E-state index contributed by atoms with van der Waals surface area (Å²) in [7, 11) is 1.28. The van der Waals surface area contributed by atoms with E-state index in [-0.39, 0.29) is 35.1 Å². The summed E-state index contributed by atoms with van der Waals surface area (Å²) in [5, 5.41) is 17.3. The summed E-state index contributed by atoms with van der Waals surface area (Å²) < 4.78 is 10.5. The van der Waals surface area contributed by atoms with Gasteiger partial charge in [-0.3, -0.25) is 14.5 Å². The lowest BCUT2D eigenvalue weighted by Crippen LogP contribution is -2.71. The summed E-state index contributed by atoms with van der Waals surface area (Å²) in [5.74, 6) is -1.47. The molecule has 0 aromatic carbocycles. The van der Waals surface area contributed by atoms with Gasteiger partial charge in [0.05, 0.1) is 12.7 Å². The molecule has 2 amide bonds. The number of ether oxygens (including phenoxy) is 2. The van der Waals surface area contributed by atoms with E-state index in [1.807, 2.05) is 0 Å². The van der Waals surface area contributed by atoms with Crippen molar-refractivity contribution in [1.82, 2.24) is 15.2 Å². The van der Waals surface area contributed by atoms with Gasteiger partial charge in [0.25, 0.3) is 11.8 Å². The number of anilines is 1. The van der Waals surface area contributed by atoms with E-state index in [9.17, 15) is 19.5 Å². The topological polar surface area (TPSA) is 166 Å². The minimum absolute atomic E-state index is 0.0637. The van der Waals surface area contributed by atoms with Gasteiger partial charge in [0.15, 0.2) is 10.8 Å². The number of β-lactam (4-membered cyclic amide) rings is 1. The number of nitrogens with two attached hydrogens (primary N) is 1. The maximum absolute atomic E-state index is 12.8. The molecule has 2 saturated heterocycles. The third-order valence-corrected chi connectivity index (χ3v) is 8.08. The number of amides is 2. The fourth-order valence-corrected chi connectivity index (χ4v) is 6.45. The SMILES string of the molecule is CO/N=C(\C(=O)NC1C(=O)N2C(C(=O)O)=C(SCC3COCO3)CSC12)c1csc(N)n1. The standard InChI is InChI=1S/C17H19N5O7S3/c1-27-21-10(8-4-32-17(18)19-8)13(23)20-11-14(24)22-12(16(25)26)9(5-31-15(11)22)30-3-7-2-28-6-29-7/h4,7,11,15H,2-3,5-6H2,1H3,(H2,18,19)(H,20,23)(H,25,26)/b21-10-. The minimum Gasteiger partial charge on any atom is -0.477 e. The lowest BCUT2D eigenvalue weighted by Gasteiger charge is -2.49. The van der Waals surface area contributed by atoms with Crippen LogP contribution in [0, 0.1) is 0 Å². The molecule has 1 aromatic rings. The van der Waals surface area contributed by atoms with Gasteiger partial charge in [-0.05, 0) is 0 Å². The summed E-state index contributed by atoms with van der Waals surface area (Å²) in [6.07, 6.45) is -0.123. The van der Waals surface area contributed by atoms with E-state index in [1.54, 1.807) is 5.38 Å². The number of fused-ring (bicyclic) bond motifs is 1. The van der Waals surface area contributed by atoms with Crippen molar-refractivity contribution in [2.45, 2.75) is 17.5 Å². The van der Waals surface area contributed by atoms with Crippen LogP contribution in [0.4, 0.5) is 5.13 Å². The first kappa shape index (κ1) is 22.8. The third-order valence-electron chi connectivity index (χ3n) is 4.72. The molecule has 12 nitrogen and oxygen atoms in total. The number of carbonyl (C=O) groups excluding carboxylic acids is 2. The number of carbonyl (C=O) groups is 3. The minimum atomic E-state index is -1.20. The van der Waals surface area contributed by atoms with Gasteiger partial charge >= 0.3 is 5.97 Å². The van der Waals surface area contributed by atoms with Crippen LogP contribution in [0.5, 0.6) is 0 Å². The molecular weight excluding hydrogens is 482 g/mol. The van der Waals surface area contributed by atoms with Crippen molar-refractivity contribution >= 4 is 63.5 Å². The number of carboxylic acids is 1. The summed E-state index contributed by atoms with van der Waals surface area (Å²) in [5.41, 5.74) is 5.65. The van der Waals surface area contributed by atoms with Crippen molar-refractivity contribution in [3.63, 3.8) is 0 Å². The van der Waals surface area contributed by atoms with Crippen LogP contribution in [0.25, 0.3) is 0 Å². The maximum atomic E-state index is 12.8. The van der Waals surface area contributed by atoms with E-state index in [4.69, 9.17) is 20.0 Å². The van der Waals surface area contributed by atoms with Gasteiger partial charge in [0.2, 0.25) is 0 Å². The molecule has 3 aliphatic heterocycles. The highest BCUT2D eigenvalue weighted by atomic mass is 32.2. The molecule has 2 fully saturated rings. The Kier molecular flexibility index (Phi) is 6.90. The zero-order valence-corrected chi connectivity index (χ0v) is 19.1. The molecule has 0 spiro atoms. The Morgan fingerprint density at radius 3 is 2.97 bits per heavy atom. The van der Waals surface area contributed by atoms with Gasteiger partial charge in [-0.1, -0.05) is 5.16 Å². The van der Waals surface area contributed by atoms with Crippen LogP contribution in [-0.4, -0.2) is 88.0 Å². The van der Waals surface area contributed by atoms with E-state index in [0.717, 1.165) is 11.3 Å². The van der Waals surface area contributed by atoms with Crippen LogP contribution in [0.15, 0.2) is 21.1 Å². The molecule has 4 N–H and O–H groups in total. The van der Waals surface area contributed by atoms with Gasteiger partial charge < -0.3 is 30.5 Å². The largest absolute Gasteiger partial charge is 0.477 e. The van der Waals surface area contributed by atoms with Crippen LogP contribution < -0.4 is 11.1 Å². The lowest BCUT2D eigenvalue weighted by atomic mass is 10.0. The van der Waals surface area contributed by atoms with Crippen LogP contribution in [0.1, 0.15) is 5.69 Å². The van der Waals surface area contributed by atoms with Crippen molar-refractivity contribution in [2.75, 3.05) is 37.7 Å². The number of nitrogens with zero attached hydrogens (tertiary/aromatic N) is 3. The molecule has 3 unspecified atom stereocenters. The Labute approximate surface area is 194 Å². The first-order valence-corrected chi connectivity index (χ1v) is 12.2. The molecule has 0 saturated carbocycles. The van der Waals surface area contributed by atoms with E-state index in [1.165, 1.54) is 35.5 Å². The van der Waals surface area contributed by atoms with Crippen molar-refractivity contribution in [3.8, 4) is 0 Å². The molecule has 1 aromatic heterocycles. The number of aromatic nitrogens is 1. The second-order valence-corrected chi connectivity index (χ2v) is 9.83. The summed E-state index contributed by atoms with van der Waals surface area (Å²) in [6.45, 7) is 0.673. The second kappa shape index (κ2) is 9.66. The Morgan fingerprint density at radius 2 is 2.34 bits per heavy atom. The number of thioether (sulfide) groups is 2. The van der Waals surface area contributed by atoms with Crippen molar-refractivity contribution in [2.24, 2.45) is 5.16 Å². The third kappa shape index (κ3) is 4.43. The number of hydrogen-bond donors (Lipinski definition) is 3. The predicted octanol–water partition coefficient (Wildman–Crippen LogP) is -0.122. The Hall–Kier alpha value is -2.33. The highest BCUT2D eigenvalue weighted by Crippen LogP contribution is 2.43. The molecule has 0 aliphatic carbocycles. The summed E-state index contributed by atoms with van der Waals surface area (Å²) in [6, 6.07) is -0.905. The van der Waals surface area contributed by atoms with Crippen LogP contribution in [-0.2, 0) is 28.7 Å². The Bertz CT molecular complexity index is 991. The van der Waals surface area contributed by atoms with E-state index < -0.39 is 29.2 Å². The van der Waals surface area contributed by atoms with Gasteiger partial charge in [-0.25, -0.2) is 9.78 Å². The zero-order valence-electron chi connectivity index (χ0n) is 16.7. The monoisotopic (exact) mass is 501 g/mol. The number of thiazole rings is 1. The molecule has 3 aliphatic rings. The number of oxime groups is 1. The number of carboxylic acid groups (broad SMARTS) is 1. The normalized spacial score (nSPS) is 25.4. The molecule has 172 valence electrons. The van der Waals surface area contributed by atoms with Gasteiger partial charge in [0.1, 0.15) is 36.7 Å². The van der Waals surface area contributed by atoms with Gasteiger partial charge in [-0.15, -0.1) is 34.9 Å². The smallest absolute Gasteiger partial charge is 0.353 e. The summed E-state index contributed by atoms with van der Waals surface area (Å²) >= 11 is 3.84. The first-order chi connectivity index (χ1) is 15.4. The Balaban J connectivity index is 1.46. The first-order valence-electron chi connectivity index (χ1n) is 9.27. The molecule has 15 heteroatoms. The van der Waals surface area contributed by atoms with Crippen molar-refractivity contribution < 1.29 is 33.8 Å². The Morgan fingerprint density at radius 1 is 1.53 bits per heavy atom. The number of nitrogens with one attached hydrogen (secondary N) is 1. The molecule has 3 atom stereocenters. The fourth-order valence-electron chi connectivity index (χ4n) is 3.27. The quantitative estimate of drug-likeness (QED) is 0.247. The zero-order chi connectivity index (χ0) is 22.8. The highest BCUT2D eigenvalue weighted by molar-refractivity contribution is 8.06.